The third-order valence-electron chi connectivity index (χ3n) is 5.42. The van der Waals surface area contributed by atoms with Crippen molar-refractivity contribution < 1.29 is 27.6 Å². The van der Waals surface area contributed by atoms with E-state index >= 15 is 0 Å². The number of hydrogen-bond acceptors (Lipinski definition) is 6. The molecule has 8 nitrogen and oxygen atoms in total. The maximum atomic E-state index is 13.1. The normalized spacial score (nSPS) is 16.4. The molecular formula is C25H16N2O6S. The van der Waals surface area contributed by atoms with Gasteiger partial charge in [-0.05, 0) is 31.2 Å². The number of nitrogens with zero attached hydrogens (tertiary/aromatic N) is 2. The first kappa shape index (κ1) is 21.5. The number of rotatable bonds is 4. The first-order chi connectivity index (χ1) is 16.3. The highest BCUT2D eigenvalue weighted by Crippen LogP contribution is 2.29. The maximum absolute atomic E-state index is 13.1. The fourth-order valence-electron chi connectivity index (χ4n) is 3.69. The molecule has 0 atom stereocenters. The highest BCUT2D eigenvalue weighted by molar-refractivity contribution is 7.90. The summed E-state index contributed by atoms with van der Waals surface area (Å²) in [6.45, 7) is 1.83. The lowest BCUT2D eigenvalue weighted by atomic mass is 9.93. The predicted molar refractivity (Wildman–Crippen MR) is 122 cm³/mol. The number of hydroxylamine groups is 2. The first-order valence-electron chi connectivity index (χ1n) is 10.2. The summed E-state index contributed by atoms with van der Waals surface area (Å²) in [5, 5.41) is 0.494. The highest BCUT2D eigenvalue weighted by Gasteiger charge is 2.40. The molecule has 0 saturated heterocycles. The predicted octanol–water partition coefficient (Wildman–Crippen LogP) is 3.48. The van der Waals surface area contributed by atoms with Crippen molar-refractivity contribution in [1.82, 2.24) is 5.06 Å². The van der Waals surface area contributed by atoms with E-state index < -0.39 is 33.4 Å². The van der Waals surface area contributed by atoms with Gasteiger partial charge in [-0.15, -0.1) is 0 Å². The molecule has 1 aliphatic carbocycles. The Balaban J connectivity index is 1.57. The lowest BCUT2D eigenvalue weighted by Crippen LogP contribution is -2.33. The van der Waals surface area contributed by atoms with Crippen molar-refractivity contribution in [2.75, 3.05) is 0 Å². The number of imide groups is 1. The molecule has 0 N–H and O–H groups in total. The van der Waals surface area contributed by atoms with Crippen LogP contribution in [-0.4, -0.2) is 36.8 Å². The molecule has 0 saturated carbocycles. The summed E-state index contributed by atoms with van der Waals surface area (Å²) in [6, 6.07) is 18.6. The molecule has 9 heteroatoms. The Hall–Kier alpha value is -4.37. The first-order valence-corrected chi connectivity index (χ1v) is 11.6. The smallest absolute Gasteiger partial charge is 0.295 e. The number of sulfonamides is 1. The van der Waals surface area contributed by atoms with Gasteiger partial charge in [0.15, 0.2) is 0 Å². The molecule has 0 radical (unpaired) electrons. The largest absolute Gasteiger partial charge is 0.364 e. The molecule has 0 bridgehead atoms. The van der Waals surface area contributed by atoms with Gasteiger partial charge in [0.1, 0.15) is 0 Å². The Morgan fingerprint density at radius 3 is 1.85 bits per heavy atom. The summed E-state index contributed by atoms with van der Waals surface area (Å²) in [4.78, 5) is 43.9. The number of hydrogen-bond donors (Lipinski definition) is 0. The molecule has 0 aromatic heterocycles. The van der Waals surface area contributed by atoms with Crippen LogP contribution in [0.25, 0.3) is 0 Å². The number of allylic oxidation sites excluding steroid dienone is 2. The fraction of sp³-hybridized carbons (Fsp3) is 0.0400. The third-order valence-corrected chi connectivity index (χ3v) is 6.73. The molecule has 1 heterocycles. The van der Waals surface area contributed by atoms with E-state index in [2.05, 4.69) is 4.40 Å². The van der Waals surface area contributed by atoms with Crippen molar-refractivity contribution in [3.8, 4) is 0 Å². The highest BCUT2D eigenvalue weighted by atomic mass is 32.2. The second kappa shape index (κ2) is 7.89. The van der Waals surface area contributed by atoms with E-state index in [0.717, 1.165) is 11.6 Å². The monoisotopic (exact) mass is 472 g/mol. The second-order valence-corrected chi connectivity index (χ2v) is 9.29. The van der Waals surface area contributed by atoms with Crippen LogP contribution >= 0.6 is 0 Å². The van der Waals surface area contributed by atoms with Crippen LogP contribution in [0.4, 0.5) is 0 Å². The minimum Gasteiger partial charge on any atom is -0.364 e. The molecule has 0 spiro atoms. The van der Waals surface area contributed by atoms with Crippen LogP contribution in [0, 0.1) is 6.92 Å². The van der Waals surface area contributed by atoms with Crippen LogP contribution in [0.15, 0.2) is 93.9 Å². The SMILES string of the molecule is Cc1ccc(S(=O)(=O)N=C2C=C(ON3C(=O)c4ccccc4C3=O)C(=O)c3ccccc32)cc1. The fourth-order valence-corrected chi connectivity index (χ4v) is 4.68. The van der Waals surface area contributed by atoms with Crippen molar-refractivity contribution in [1.29, 1.82) is 0 Å². The quantitative estimate of drug-likeness (QED) is 0.538. The lowest BCUT2D eigenvalue weighted by Gasteiger charge is -2.20. The minimum atomic E-state index is -4.12. The number of fused-ring (bicyclic) bond motifs is 2. The minimum absolute atomic E-state index is 0.0174. The van der Waals surface area contributed by atoms with E-state index in [1.54, 1.807) is 42.5 Å². The van der Waals surface area contributed by atoms with Crippen molar-refractivity contribution >= 4 is 33.3 Å². The van der Waals surface area contributed by atoms with Gasteiger partial charge in [-0.2, -0.15) is 12.8 Å². The van der Waals surface area contributed by atoms with E-state index in [-0.39, 0.29) is 32.9 Å². The molecule has 5 rings (SSSR count). The zero-order valence-corrected chi connectivity index (χ0v) is 18.6. The molecule has 3 aromatic rings. The molecule has 0 fully saturated rings. The van der Waals surface area contributed by atoms with Gasteiger partial charge in [0, 0.05) is 17.2 Å². The van der Waals surface area contributed by atoms with Gasteiger partial charge in [-0.1, -0.05) is 59.2 Å². The molecule has 168 valence electrons. The van der Waals surface area contributed by atoms with Gasteiger partial charge in [0.2, 0.25) is 11.5 Å². The molecule has 2 aliphatic rings. The Morgan fingerprint density at radius 1 is 0.735 bits per heavy atom. The summed E-state index contributed by atoms with van der Waals surface area (Å²) < 4.78 is 29.8. The number of ketones is 1. The van der Waals surface area contributed by atoms with Gasteiger partial charge in [-0.25, -0.2) is 0 Å². The Morgan fingerprint density at radius 2 is 1.26 bits per heavy atom. The van der Waals surface area contributed by atoms with Crippen LogP contribution in [0.1, 0.15) is 42.2 Å². The van der Waals surface area contributed by atoms with Crippen molar-refractivity contribution in [2.24, 2.45) is 4.40 Å². The maximum Gasteiger partial charge on any atom is 0.295 e. The Bertz CT molecular complexity index is 1520. The molecule has 34 heavy (non-hydrogen) atoms. The number of amides is 2. The van der Waals surface area contributed by atoms with Crippen LogP contribution in [0.5, 0.6) is 0 Å². The van der Waals surface area contributed by atoms with Gasteiger partial charge in [0.25, 0.3) is 21.8 Å². The Labute approximate surface area is 194 Å². The summed E-state index contributed by atoms with van der Waals surface area (Å²) in [5.74, 6) is -2.46. The topological polar surface area (TPSA) is 110 Å². The van der Waals surface area contributed by atoms with Gasteiger partial charge < -0.3 is 4.84 Å². The third kappa shape index (κ3) is 3.52. The van der Waals surface area contributed by atoms with Crippen LogP contribution in [-0.2, 0) is 14.9 Å². The van der Waals surface area contributed by atoms with Gasteiger partial charge >= 0.3 is 0 Å². The summed E-state index contributed by atoms with van der Waals surface area (Å²) >= 11 is 0. The number of benzene rings is 3. The average Bonchev–Trinajstić information content (AvgIpc) is 3.07. The molecule has 1 aliphatic heterocycles. The van der Waals surface area contributed by atoms with E-state index in [1.165, 1.54) is 30.3 Å². The Kier molecular flexibility index (Phi) is 4.98. The standard InChI is InChI=1S/C25H16N2O6S/c1-15-10-12-16(13-11-15)34(31,32)26-21-14-22(23(28)18-7-3-2-6-17(18)21)33-27-24(29)19-8-4-5-9-20(19)25(27)30/h2-14H,1H3. The summed E-state index contributed by atoms with van der Waals surface area (Å²) in [7, 11) is -4.12. The lowest BCUT2D eigenvalue weighted by molar-refractivity contribution is -0.0534. The van der Waals surface area contributed by atoms with Gasteiger partial charge in [0.05, 0.1) is 21.7 Å². The summed E-state index contributed by atoms with van der Waals surface area (Å²) in [6.07, 6.45) is 1.12. The van der Waals surface area contributed by atoms with E-state index in [0.29, 0.717) is 5.06 Å². The van der Waals surface area contributed by atoms with Crippen LogP contribution < -0.4 is 0 Å². The molecule has 2 amide bonds. The van der Waals surface area contributed by atoms with Crippen molar-refractivity contribution in [3.05, 3.63) is 112 Å². The van der Waals surface area contributed by atoms with Crippen molar-refractivity contribution in [3.63, 3.8) is 0 Å². The van der Waals surface area contributed by atoms with Crippen molar-refractivity contribution in [2.45, 2.75) is 11.8 Å². The van der Waals surface area contributed by atoms with E-state index in [1.807, 2.05) is 6.92 Å². The summed E-state index contributed by atoms with van der Waals surface area (Å²) in [5.41, 5.74) is 1.55. The zero-order valence-electron chi connectivity index (χ0n) is 17.8. The number of Topliss-reactive ketones (excluding diaryl/α,β-unsaturated/α-hetero) is 1. The zero-order chi connectivity index (χ0) is 24.0. The number of carbonyl (C=O) groups excluding carboxylic acids is 3. The number of carbonyl (C=O) groups is 3. The second-order valence-electron chi connectivity index (χ2n) is 7.69. The molecule has 0 unspecified atom stereocenters. The molecule has 3 aromatic carbocycles. The average molecular weight is 472 g/mol. The van der Waals surface area contributed by atoms with Gasteiger partial charge in [-0.3, -0.25) is 14.4 Å². The van der Waals surface area contributed by atoms with Crippen LogP contribution in [0.3, 0.4) is 0 Å². The molecular weight excluding hydrogens is 456 g/mol. The van der Waals surface area contributed by atoms with E-state index in [9.17, 15) is 22.8 Å². The van der Waals surface area contributed by atoms with Crippen LogP contribution in [0.2, 0.25) is 0 Å². The number of aryl methyl sites for hydroxylation is 1. The van der Waals surface area contributed by atoms with E-state index in [4.69, 9.17) is 4.84 Å².